The highest BCUT2D eigenvalue weighted by molar-refractivity contribution is 7.99. The molecule has 0 fully saturated rings. The van der Waals surface area contributed by atoms with Crippen LogP contribution in [0.1, 0.15) is 22.8 Å². The third-order valence-electron chi connectivity index (χ3n) is 4.11. The molecule has 0 atom stereocenters. The lowest BCUT2D eigenvalue weighted by Crippen LogP contribution is -2.14. The molecule has 144 valence electrons. The third kappa shape index (κ3) is 4.61. The summed E-state index contributed by atoms with van der Waals surface area (Å²) < 4.78 is 7.36. The van der Waals surface area contributed by atoms with Gasteiger partial charge in [0.15, 0.2) is 10.9 Å². The van der Waals surface area contributed by atoms with Gasteiger partial charge in [-0.2, -0.15) is 0 Å². The molecule has 0 aliphatic rings. The van der Waals surface area contributed by atoms with Gasteiger partial charge in [-0.05, 0) is 55.8 Å². The topological polar surface area (TPSA) is 73.2 Å². The Labute approximate surface area is 167 Å². The molecule has 28 heavy (non-hydrogen) atoms. The lowest BCUT2D eigenvalue weighted by Gasteiger charge is -2.13. The van der Waals surface area contributed by atoms with Gasteiger partial charge in [-0.1, -0.05) is 17.8 Å². The van der Waals surface area contributed by atoms with Crippen LogP contribution in [0.15, 0.2) is 60.0 Å². The van der Waals surface area contributed by atoms with Gasteiger partial charge in [0.2, 0.25) is 5.91 Å². The van der Waals surface area contributed by atoms with E-state index in [0.29, 0.717) is 16.4 Å². The zero-order valence-electron chi connectivity index (χ0n) is 15.9. The minimum Gasteiger partial charge on any atom is -0.495 e. The number of nitrogens with zero attached hydrogens (tertiary/aromatic N) is 2. The maximum absolute atomic E-state index is 12.3. The number of imidazole rings is 1. The number of carbonyl (C=O) groups is 2. The van der Waals surface area contributed by atoms with Crippen LogP contribution in [-0.2, 0) is 4.79 Å². The maximum atomic E-state index is 12.3. The van der Waals surface area contributed by atoms with Gasteiger partial charge >= 0.3 is 0 Å². The van der Waals surface area contributed by atoms with E-state index in [4.69, 9.17) is 4.74 Å². The van der Waals surface area contributed by atoms with Crippen LogP contribution in [0, 0.1) is 6.92 Å². The molecule has 0 aliphatic heterocycles. The van der Waals surface area contributed by atoms with Crippen molar-refractivity contribution in [2.45, 2.75) is 19.0 Å². The first-order chi connectivity index (χ1) is 13.5. The highest BCUT2D eigenvalue weighted by Gasteiger charge is 2.13. The quantitative estimate of drug-likeness (QED) is 0.481. The lowest BCUT2D eigenvalue weighted by molar-refractivity contribution is -0.113. The summed E-state index contributed by atoms with van der Waals surface area (Å²) >= 11 is 1.34. The minimum absolute atomic E-state index is 0.00755. The molecule has 6 nitrogen and oxygen atoms in total. The molecule has 1 N–H and O–H groups in total. The number of Topliss-reactive ketones (excluding diaryl/α,β-unsaturated/α-hetero) is 1. The van der Waals surface area contributed by atoms with Crippen LogP contribution >= 0.6 is 11.8 Å². The largest absolute Gasteiger partial charge is 0.495 e. The molecule has 0 saturated carbocycles. The number of hydrogen-bond acceptors (Lipinski definition) is 5. The first-order valence-electron chi connectivity index (χ1n) is 8.70. The van der Waals surface area contributed by atoms with E-state index >= 15 is 0 Å². The van der Waals surface area contributed by atoms with Crippen LogP contribution in [0.5, 0.6) is 5.75 Å². The van der Waals surface area contributed by atoms with Crippen molar-refractivity contribution in [3.8, 4) is 11.4 Å². The second kappa shape index (κ2) is 8.75. The number of anilines is 1. The van der Waals surface area contributed by atoms with E-state index < -0.39 is 0 Å². The Balaban J connectivity index is 1.67. The zero-order chi connectivity index (χ0) is 20.1. The Hall–Kier alpha value is -3.06. The number of rotatable bonds is 7. The SMILES string of the molecule is COc1ccc(C)cc1-n1ccnc1SCC(=O)Nc1ccc(C(C)=O)cc1. The molecule has 2 aromatic carbocycles. The normalized spacial score (nSPS) is 10.5. The monoisotopic (exact) mass is 395 g/mol. The van der Waals surface area contributed by atoms with Gasteiger partial charge in [-0.25, -0.2) is 4.98 Å². The van der Waals surface area contributed by atoms with E-state index in [1.54, 1.807) is 37.6 Å². The number of nitrogens with one attached hydrogen (secondary N) is 1. The first kappa shape index (κ1) is 19.7. The standard InChI is InChI=1S/C21H21N3O3S/c1-14-4-9-19(27-3)18(12-14)24-11-10-22-21(24)28-13-20(26)23-17-7-5-16(6-8-17)15(2)25/h4-12H,13H2,1-3H3,(H,23,26). The van der Waals surface area contributed by atoms with Crippen LogP contribution in [0.2, 0.25) is 0 Å². The van der Waals surface area contributed by atoms with Gasteiger partial charge in [0.1, 0.15) is 5.75 Å². The van der Waals surface area contributed by atoms with Crippen molar-refractivity contribution in [1.82, 2.24) is 9.55 Å². The first-order valence-corrected chi connectivity index (χ1v) is 9.68. The molecular weight excluding hydrogens is 374 g/mol. The van der Waals surface area contributed by atoms with Crippen LogP contribution < -0.4 is 10.1 Å². The molecule has 0 unspecified atom stereocenters. The third-order valence-corrected chi connectivity index (χ3v) is 5.08. The minimum atomic E-state index is -0.147. The number of aromatic nitrogens is 2. The van der Waals surface area contributed by atoms with Crippen LogP contribution in [0.25, 0.3) is 5.69 Å². The molecular formula is C21H21N3O3S. The number of ketones is 1. The second-order valence-corrected chi connectivity index (χ2v) is 7.17. The Morgan fingerprint density at radius 2 is 1.93 bits per heavy atom. The summed E-state index contributed by atoms with van der Waals surface area (Å²) in [5.74, 6) is 0.790. The molecule has 1 amide bonds. The number of methoxy groups -OCH3 is 1. The summed E-state index contributed by atoms with van der Waals surface area (Å²) in [6.45, 7) is 3.52. The van der Waals surface area contributed by atoms with E-state index in [2.05, 4.69) is 10.3 Å². The summed E-state index contributed by atoms with van der Waals surface area (Å²) in [4.78, 5) is 28.0. The average Bonchev–Trinajstić information content (AvgIpc) is 3.15. The number of carbonyl (C=O) groups excluding carboxylic acids is 2. The summed E-state index contributed by atoms with van der Waals surface area (Å²) in [5.41, 5.74) is 3.25. The number of thioether (sulfide) groups is 1. The fourth-order valence-corrected chi connectivity index (χ4v) is 3.45. The molecule has 0 bridgehead atoms. The van der Waals surface area contributed by atoms with Gasteiger partial charge in [0, 0.05) is 23.6 Å². The van der Waals surface area contributed by atoms with Gasteiger partial charge in [0.05, 0.1) is 18.6 Å². The molecule has 1 heterocycles. The van der Waals surface area contributed by atoms with Crippen molar-refractivity contribution in [3.63, 3.8) is 0 Å². The molecule has 0 radical (unpaired) electrons. The second-order valence-electron chi connectivity index (χ2n) is 6.23. The van der Waals surface area contributed by atoms with Crippen molar-refractivity contribution in [3.05, 3.63) is 66.0 Å². The Morgan fingerprint density at radius 3 is 2.61 bits per heavy atom. The van der Waals surface area contributed by atoms with Gasteiger partial charge < -0.3 is 10.1 Å². The smallest absolute Gasteiger partial charge is 0.234 e. The van der Waals surface area contributed by atoms with Crippen LogP contribution in [0.3, 0.4) is 0 Å². The molecule has 0 aliphatic carbocycles. The maximum Gasteiger partial charge on any atom is 0.234 e. The number of hydrogen-bond donors (Lipinski definition) is 1. The zero-order valence-corrected chi connectivity index (χ0v) is 16.7. The lowest BCUT2D eigenvalue weighted by atomic mass is 10.1. The molecule has 1 aromatic heterocycles. The Bertz CT molecular complexity index is 996. The van der Waals surface area contributed by atoms with E-state index in [0.717, 1.165) is 17.0 Å². The van der Waals surface area contributed by atoms with Crippen molar-refractivity contribution >= 4 is 29.1 Å². The van der Waals surface area contributed by atoms with Gasteiger partial charge in [-0.3, -0.25) is 14.2 Å². The molecule has 7 heteroatoms. The van der Waals surface area contributed by atoms with Gasteiger partial charge in [0.25, 0.3) is 0 Å². The Morgan fingerprint density at radius 1 is 1.18 bits per heavy atom. The molecule has 3 rings (SSSR count). The molecule has 0 saturated heterocycles. The Kier molecular flexibility index (Phi) is 6.16. The number of aryl methyl sites for hydroxylation is 1. The fraction of sp³-hybridized carbons (Fsp3) is 0.190. The summed E-state index contributed by atoms with van der Waals surface area (Å²) in [6.07, 6.45) is 3.54. The fourth-order valence-electron chi connectivity index (χ4n) is 2.68. The van der Waals surface area contributed by atoms with Crippen molar-refractivity contribution in [1.29, 1.82) is 0 Å². The predicted octanol–water partition coefficient (Wildman–Crippen LogP) is 4.12. The van der Waals surface area contributed by atoms with Gasteiger partial charge in [-0.15, -0.1) is 0 Å². The van der Waals surface area contributed by atoms with E-state index in [-0.39, 0.29) is 17.4 Å². The van der Waals surface area contributed by atoms with Crippen LogP contribution in [0.4, 0.5) is 5.69 Å². The average molecular weight is 395 g/mol. The highest BCUT2D eigenvalue weighted by Crippen LogP contribution is 2.28. The van der Waals surface area contributed by atoms with E-state index in [1.165, 1.54) is 18.7 Å². The van der Waals surface area contributed by atoms with E-state index in [1.807, 2.05) is 35.9 Å². The summed E-state index contributed by atoms with van der Waals surface area (Å²) in [7, 11) is 1.63. The summed E-state index contributed by atoms with van der Waals surface area (Å²) in [6, 6.07) is 12.7. The number of benzene rings is 2. The van der Waals surface area contributed by atoms with Crippen molar-refractivity contribution in [2.24, 2.45) is 0 Å². The molecule has 3 aromatic rings. The van der Waals surface area contributed by atoms with Crippen molar-refractivity contribution in [2.75, 3.05) is 18.2 Å². The summed E-state index contributed by atoms with van der Waals surface area (Å²) in [5, 5.41) is 3.53. The molecule has 0 spiro atoms. The predicted molar refractivity (Wildman–Crippen MR) is 111 cm³/mol. The van der Waals surface area contributed by atoms with Crippen LogP contribution in [-0.4, -0.2) is 34.1 Å². The highest BCUT2D eigenvalue weighted by atomic mass is 32.2. The number of ether oxygens (including phenoxy) is 1. The van der Waals surface area contributed by atoms with Crippen molar-refractivity contribution < 1.29 is 14.3 Å². The van der Waals surface area contributed by atoms with E-state index in [9.17, 15) is 9.59 Å². The number of amides is 1.